The molecule has 2 aliphatic rings. The molecule has 0 atom stereocenters. The number of rotatable bonds is 8. The minimum atomic E-state index is -0.116. The first-order chi connectivity index (χ1) is 14.0. The highest BCUT2D eigenvalue weighted by Crippen LogP contribution is 2.27. The fraction of sp³-hybridized carbons (Fsp3) is 0.696. The standard InChI is InChI=1S/C23H36FN3O2/c1-3-29-17-23(28)25-20-7-5-19(6-8-20)10-11-26-12-14-27(15-13-26)21-9-4-18(2)22(24)16-21/h4,9,16,19-20H,3,5-8,10-15,17H2,1-2H3,(H,25,28)/t19-,20-. The van der Waals surface area contributed by atoms with Gasteiger partial charge < -0.3 is 15.0 Å². The van der Waals surface area contributed by atoms with E-state index in [1.165, 1.54) is 19.3 Å². The van der Waals surface area contributed by atoms with E-state index in [9.17, 15) is 9.18 Å². The molecule has 1 aliphatic heterocycles. The average Bonchev–Trinajstić information content (AvgIpc) is 2.74. The predicted octanol–water partition coefficient (Wildman–Crippen LogP) is 3.36. The lowest BCUT2D eigenvalue weighted by Crippen LogP contribution is -2.47. The monoisotopic (exact) mass is 405 g/mol. The summed E-state index contributed by atoms with van der Waals surface area (Å²) in [6.45, 7) is 9.61. The van der Waals surface area contributed by atoms with Gasteiger partial charge in [-0.15, -0.1) is 0 Å². The molecule has 1 saturated carbocycles. The van der Waals surface area contributed by atoms with Gasteiger partial charge in [0.05, 0.1) is 0 Å². The second-order valence-electron chi connectivity index (χ2n) is 8.47. The first-order valence-electron chi connectivity index (χ1n) is 11.2. The number of hydrogen-bond acceptors (Lipinski definition) is 4. The van der Waals surface area contributed by atoms with Gasteiger partial charge in [0.1, 0.15) is 12.4 Å². The minimum Gasteiger partial charge on any atom is -0.372 e. The minimum absolute atomic E-state index is 0.0154. The van der Waals surface area contributed by atoms with E-state index in [0.29, 0.717) is 18.2 Å². The molecular weight excluding hydrogens is 369 g/mol. The molecule has 1 heterocycles. The van der Waals surface area contributed by atoms with Crippen molar-refractivity contribution >= 4 is 11.6 Å². The zero-order valence-electron chi connectivity index (χ0n) is 18.0. The molecule has 3 rings (SSSR count). The molecule has 0 aromatic heterocycles. The van der Waals surface area contributed by atoms with Crippen LogP contribution in [0.5, 0.6) is 0 Å². The van der Waals surface area contributed by atoms with Crippen molar-refractivity contribution in [3.05, 3.63) is 29.6 Å². The second-order valence-corrected chi connectivity index (χ2v) is 8.47. The van der Waals surface area contributed by atoms with Crippen molar-refractivity contribution in [3.63, 3.8) is 0 Å². The number of piperazine rings is 1. The molecule has 1 aromatic rings. The van der Waals surface area contributed by atoms with Crippen LogP contribution >= 0.6 is 0 Å². The van der Waals surface area contributed by atoms with Crippen molar-refractivity contribution in [2.24, 2.45) is 5.92 Å². The van der Waals surface area contributed by atoms with Gasteiger partial charge in [-0.2, -0.15) is 0 Å². The highest BCUT2D eigenvalue weighted by Gasteiger charge is 2.24. The van der Waals surface area contributed by atoms with Crippen LogP contribution in [0.15, 0.2) is 18.2 Å². The van der Waals surface area contributed by atoms with E-state index < -0.39 is 0 Å². The Morgan fingerprint density at radius 1 is 1.17 bits per heavy atom. The maximum absolute atomic E-state index is 13.8. The van der Waals surface area contributed by atoms with Crippen molar-refractivity contribution in [2.45, 2.75) is 52.0 Å². The van der Waals surface area contributed by atoms with Crippen LogP contribution in [0.4, 0.5) is 10.1 Å². The molecule has 0 unspecified atom stereocenters. The first-order valence-corrected chi connectivity index (χ1v) is 11.2. The first kappa shape index (κ1) is 22.0. The Bertz CT molecular complexity index is 654. The third-order valence-corrected chi connectivity index (χ3v) is 6.40. The lowest BCUT2D eigenvalue weighted by Gasteiger charge is -2.37. The summed E-state index contributed by atoms with van der Waals surface area (Å²) < 4.78 is 19.0. The second kappa shape index (κ2) is 10.9. The quantitative estimate of drug-likeness (QED) is 0.720. The molecule has 6 heteroatoms. The molecule has 1 aliphatic carbocycles. The maximum atomic E-state index is 13.8. The van der Waals surface area contributed by atoms with Crippen LogP contribution < -0.4 is 10.2 Å². The molecule has 0 spiro atoms. The van der Waals surface area contributed by atoms with Crippen molar-refractivity contribution < 1.29 is 13.9 Å². The van der Waals surface area contributed by atoms with Gasteiger partial charge in [-0.3, -0.25) is 9.69 Å². The number of nitrogens with zero attached hydrogens (tertiary/aromatic N) is 2. The summed E-state index contributed by atoms with van der Waals surface area (Å²) >= 11 is 0. The number of carbonyl (C=O) groups excluding carboxylic acids is 1. The number of carbonyl (C=O) groups is 1. The Hall–Kier alpha value is -1.66. The van der Waals surface area contributed by atoms with Gasteiger partial charge in [0.2, 0.25) is 5.91 Å². The van der Waals surface area contributed by atoms with Gasteiger partial charge in [0.15, 0.2) is 0 Å². The van der Waals surface area contributed by atoms with E-state index >= 15 is 0 Å². The summed E-state index contributed by atoms with van der Waals surface area (Å²) in [5, 5.41) is 3.10. The van der Waals surface area contributed by atoms with Crippen molar-refractivity contribution in [1.82, 2.24) is 10.2 Å². The van der Waals surface area contributed by atoms with Crippen molar-refractivity contribution in [2.75, 3.05) is 50.8 Å². The van der Waals surface area contributed by atoms with E-state index in [1.807, 2.05) is 19.1 Å². The van der Waals surface area contributed by atoms with Crippen LogP contribution in [-0.2, 0) is 9.53 Å². The van der Waals surface area contributed by atoms with Gasteiger partial charge in [0.25, 0.3) is 0 Å². The number of ether oxygens (including phenoxy) is 1. The summed E-state index contributed by atoms with van der Waals surface area (Å²) in [5.74, 6) is 0.663. The Morgan fingerprint density at radius 3 is 2.55 bits per heavy atom. The van der Waals surface area contributed by atoms with Gasteiger partial charge in [-0.1, -0.05) is 6.07 Å². The fourth-order valence-electron chi connectivity index (χ4n) is 4.43. The van der Waals surface area contributed by atoms with E-state index in [2.05, 4.69) is 15.1 Å². The largest absolute Gasteiger partial charge is 0.372 e. The third-order valence-electron chi connectivity index (χ3n) is 6.40. The fourth-order valence-corrected chi connectivity index (χ4v) is 4.43. The van der Waals surface area contributed by atoms with Crippen LogP contribution in [0.1, 0.15) is 44.6 Å². The van der Waals surface area contributed by atoms with Crippen molar-refractivity contribution in [3.8, 4) is 0 Å². The molecule has 1 N–H and O–H groups in total. The van der Waals surface area contributed by atoms with Crippen LogP contribution in [0, 0.1) is 18.7 Å². The molecule has 1 saturated heterocycles. The number of nitrogens with one attached hydrogen (secondary N) is 1. The van der Waals surface area contributed by atoms with E-state index in [-0.39, 0.29) is 18.3 Å². The van der Waals surface area contributed by atoms with Crippen LogP contribution in [0.3, 0.4) is 0 Å². The number of anilines is 1. The lowest BCUT2D eigenvalue weighted by atomic mass is 9.84. The summed E-state index contributed by atoms with van der Waals surface area (Å²) in [5.41, 5.74) is 1.70. The number of halogens is 1. The molecule has 0 bridgehead atoms. The Kier molecular flexibility index (Phi) is 8.30. The van der Waals surface area contributed by atoms with Gasteiger partial charge in [0, 0.05) is 44.5 Å². The van der Waals surface area contributed by atoms with Crippen LogP contribution in [0.25, 0.3) is 0 Å². The summed E-state index contributed by atoms with van der Waals surface area (Å²) in [6.07, 6.45) is 5.79. The summed E-state index contributed by atoms with van der Waals surface area (Å²) in [6, 6.07) is 5.88. The number of benzene rings is 1. The van der Waals surface area contributed by atoms with Gasteiger partial charge in [-0.05, 0) is 76.1 Å². The molecule has 162 valence electrons. The molecule has 0 radical (unpaired) electrons. The van der Waals surface area contributed by atoms with Crippen molar-refractivity contribution in [1.29, 1.82) is 0 Å². The molecule has 2 fully saturated rings. The zero-order valence-corrected chi connectivity index (χ0v) is 18.0. The molecule has 1 amide bonds. The number of amides is 1. The number of hydrogen-bond donors (Lipinski definition) is 1. The van der Waals surface area contributed by atoms with Crippen LogP contribution in [-0.4, -0.2) is 62.8 Å². The third kappa shape index (κ3) is 6.68. The normalized spacial score (nSPS) is 23.2. The highest BCUT2D eigenvalue weighted by atomic mass is 19.1. The Morgan fingerprint density at radius 2 is 1.90 bits per heavy atom. The molecule has 5 nitrogen and oxygen atoms in total. The van der Waals surface area contributed by atoms with Gasteiger partial charge >= 0.3 is 0 Å². The average molecular weight is 406 g/mol. The molecule has 1 aromatic carbocycles. The maximum Gasteiger partial charge on any atom is 0.246 e. The lowest BCUT2D eigenvalue weighted by molar-refractivity contribution is -0.126. The zero-order chi connectivity index (χ0) is 20.6. The van der Waals surface area contributed by atoms with Crippen LogP contribution in [0.2, 0.25) is 0 Å². The SMILES string of the molecule is CCOCC(=O)N[C@H]1CC[C@H](CCN2CCN(c3ccc(C)c(F)c3)CC2)CC1. The van der Waals surface area contributed by atoms with E-state index in [1.54, 1.807) is 13.0 Å². The number of aryl methyl sites for hydroxylation is 1. The summed E-state index contributed by atoms with van der Waals surface area (Å²) in [7, 11) is 0. The Balaban J connectivity index is 1.32. The van der Waals surface area contributed by atoms with E-state index in [0.717, 1.165) is 57.2 Å². The Labute approximate surface area is 174 Å². The topological polar surface area (TPSA) is 44.8 Å². The highest BCUT2D eigenvalue weighted by molar-refractivity contribution is 5.77. The predicted molar refractivity (Wildman–Crippen MR) is 115 cm³/mol. The molecular formula is C23H36FN3O2. The van der Waals surface area contributed by atoms with Gasteiger partial charge in [-0.25, -0.2) is 4.39 Å². The van der Waals surface area contributed by atoms with E-state index in [4.69, 9.17) is 4.74 Å². The molecule has 29 heavy (non-hydrogen) atoms. The smallest absolute Gasteiger partial charge is 0.246 e. The summed E-state index contributed by atoms with van der Waals surface area (Å²) in [4.78, 5) is 16.6.